The van der Waals surface area contributed by atoms with Gasteiger partial charge in [-0.15, -0.1) is 0 Å². The van der Waals surface area contributed by atoms with Gasteiger partial charge in [-0.3, -0.25) is 14.1 Å². The molecule has 1 fully saturated rings. The second kappa shape index (κ2) is 9.18. The number of pyridine rings is 2. The van der Waals surface area contributed by atoms with Crippen molar-refractivity contribution in [3.63, 3.8) is 0 Å². The first kappa shape index (κ1) is 22.5. The number of fused-ring (bicyclic) bond motifs is 3. The standard InChI is InChI=1S/C26H30FN5O2/c1-17(2)32-25-20-13-19(21(27)14-22(20)28-16-23(25)30(3)26(32)33)18-7-8-24(29-15-18)34-12-6-11-31-9-4-5-10-31/h7-8,13-17H,4-6,9-12H2,1-3H3. The number of hydrogen-bond donors (Lipinski definition) is 0. The third-order valence-corrected chi connectivity index (χ3v) is 6.64. The van der Waals surface area contributed by atoms with E-state index < -0.39 is 0 Å². The Morgan fingerprint density at radius 2 is 1.91 bits per heavy atom. The van der Waals surface area contributed by atoms with Gasteiger partial charge in [0, 0.05) is 54.5 Å². The van der Waals surface area contributed by atoms with Crippen LogP contribution in [0.5, 0.6) is 5.88 Å². The predicted octanol–water partition coefficient (Wildman–Crippen LogP) is 4.53. The van der Waals surface area contributed by atoms with Crippen LogP contribution in [0, 0.1) is 5.82 Å². The highest BCUT2D eigenvalue weighted by Crippen LogP contribution is 2.32. The molecule has 3 aromatic heterocycles. The summed E-state index contributed by atoms with van der Waals surface area (Å²) in [6.07, 6.45) is 6.80. The molecule has 0 atom stereocenters. The van der Waals surface area contributed by atoms with Crippen molar-refractivity contribution in [2.45, 2.75) is 39.2 Å². The highest BCUT2D eigenvalue weighted by Gasteiger charge is 2.19. The number of ether oxygens (including phenoxy) is 1. The van der Waals surface area contributed by atoms with Crippen LogP contribution in [0.3, 0.4) is 0 Å². The number of hydrogen-bond acceptors (Lipinski definition) is 5. The molecule has 0 spiro atoms. The van der Waals surface area contributed by atoms with Gasteiger partial charge in [0.2, 0.25) is 5.88 Å². The summed E-state index contributed by atoms with van der Waals surface area (Å²) in [5.41, 5.74) is 2.95. The molecule has 1 saturated heterocycles. The van der Waals surface area contributed by atoms with Crippen LogP contribution < -0.4 is 10.4 Å². The zero-order valence-corrected chi connectivity index (χ0v) is 19.9. The topological polar surface area (TPSA) is 65.2 Å². The van der Waals surface area contributed by atoms with Gasteiger partial charge < -0.3 is 9.64 Å². The lowest BCUT2D eigenvalue weighted by Crippen LogP contribution is -2.23. The molecule has 0 N–H and O–H groups in total. The quantitative estimate of drug-likeness (QED) is 0.377. The minimum atomic E-state index is -0.380. The summed E-state index contributed by atoms with van der Waals surface area (Å²) in [6, 6.07) is 6.75. The molecule has 0 saturated carbocycles. The minimum Gasteiger partial charge on any atom is -0.478 e. The van der Waals surface area contributed by atoms with Crippen LogP contribution in [0.1, 0.15) is 39.2 Å². The number of aromatic nitrogens is 4. The van der Waals surface area contributed by atoms with E-state index in [0.29, 0.717) is 29.1 Å². The van der Waals surface area contributed by atoms with Crippen molar-refractivity contribution in [1.82, 2.24) is 24.0 Å². The third kappa shape index (κ3) is 4.07. The number of likely N-dealkylation sites (tertiary alicyclic amines) is 1. The molecule has 0 bridgehead atoms. The Balaban J connectivity index is 1.44. The Morgan fingerprint density at radius 1 is 1.12 bits per heavy atom. The first-order chi connectivity index (χ1) is 16.4. The number of benzene rings is 1. The van der Waals surface area contributed by atoms with Crippen LogP contribution in [0.25, 0.3) is 33.1 Å². The molecule has 178 valence electrons. The molecule has 4 heterocycles. The fourth-order valence-corrected chi connectivity index (χ4v) is 4.84. The van der Waals surface area contributed by atoms with Crippen molar-refractivity contribution < 1.29 is 9.13 Å². The average Bonchev–Trinajstić information content (AvgIpc) is 3.43. The molecule has 7 nitrogen and oxygen atoms in total. The molecule has 0 unspecified atom stereocenters. The normalized spacial score (nSPS) is 14.6. The molecule has 1 aliphatic rings. The van der Waals surface area contributed by atoms with Crippen LogP contribution in [-0.2, 0) is 7.05 Å². The lowest BCUT2D eigenvalue weighted by atomic mass is 10.0. The summed E-state index contributed by atoms with van der Waals surface area (Å²) in [4.78, 5) is 24.1. The SMILES string of the molecule is CC(C)n1c(=O)n(C)c2cnc3cc(F)c(-c4ccc(OCCCN5CCCC5)nc4)cc3c21. The van der Waals surface area contributed by atoms with Gasteiger partial charge in [0.25, 0.3) is 0 Å². The average molecular weight is 464 g/mol. The summed E-state index contributed by atoms with van der Waals surface area (Å²) in [5.74, 6) is 0.155. The summed E-state index contributed by atoms with van der Waals surface area (Å²) >= 11 is 0. The van der Waals surface area contributed by atoms with Crippen LogP contribution in [-0.4, -0.2) is 50.2 Å². The number of aryl methyl sites for hydroxylation is 1. The van der Waals surface area contributed by atoms with Gasteiger partial charge in [0.1, 0.15) is 5.82 Å². The van der Waals surface area contributed by atoms with E-state index >= 15 is 4.39 Å². The molecule has 1 aliphatic heterocycles. The summed E-state index contributed by atoms with van der Waals surface area (Å²) in [7, 11) is 1.73. The third-order valence-electron chi connectivity index (χ3n) is 6.64. The van der Waals surface area contributed by atoms with Crippen LogP contribution in [0.15, 0.2) is 41.5 Å². The van der Waals surface area contributed by atoms with E-state index in [1.165, 1.54) is 32.0 Å². The second-order valence-corrected chi connectivity index (χ2v) is 9.28. The minimum absolute atomic E-state index is 0.0427. The second-order valence-electron chi connectivity index (χ2n) is 9.28. The Bertz CT molecular complexity index is 1380. The Morgan fingerprint density at radius 3 is 2.62 bits per heavy atom. The fraction of sp³-hybridized carbons (Fsp3) is 0.423. The molecule has 0 aliphatic carbocycles. The maximum absolute atomic E-state index is 15.1. The van der Waals surface area contributed by atoms with Crippen molar-refractivity contribution in [3.05, 3.63) is 53.0 Å². The van der Waals surface area contributed by atoms with Gasteiger partial charge in [-0.05, 0) is 58.3 Å². The maximum atomic E-state index is 15.1. The summed E-state index contributed by atoms with van der Waals surface area (Å²) < 4.78 is 24.2. The van der Waals surface area contributed by atoms with E-state index in [4.69, 9.17) is 4.74 Å². The number of halogens is 1. The number of nitrogens with zero attached hydrogens (tertiary/aromatic N) is 5. The summed E-state index contributed by atoms with van der Waals surface area (Å²) in [5, 5.41) is 0.738. The molecule has 0 amide bonds. The van der Waals surface area contributed by atoms with E-state index in [2.05, 4.69) is 14.9 Å². The Hall–Kier alpha value is -3.26. The van der Waals surface area contributed by atoms with E-state index in [9.17, 15) is 4.79 Å². The van der Waals surface area contributed by atoms with Crippen LogP contribution in [0.4, 0.5) is 4.39 Å². The van der Waals surface area contributed by atoms with E-state index in [-0.39, 0.29) is 17.5 Å². The first-order valence-electron chi connectivity index (χ1n) is 11.9. The summed E-state index contributed by atoms with van der Waals surface area (Å²) in [6.45, 7) is 7.95. The molecule has 4 aromatic rings. The lowest BCUT2D eigenvalue weighted by molar-refractivity contribution is 0.257. The number of rotatable bonds is 7. The zero-order valence-electron chi connectivity index (χ0n) is 19.9. The monoisotopic (exact) mass is 463 g/mol. The van der Waals surface area contributed by atoms with Crippen molar-refractivity contribution in [2.75, 3.05) is 26.2 Å². The van der Waals surface area contributed by atoms with Gasteiger partial charge in [-0.25, -0.2) is 14.2 Å². The van der Waals surface area contributed by atoms with E-state index in [1.54, 1.807) is 40.7 Å². The van der Waals surface area contributed by atoms with Gasteiger partial charge in [-0.2, -0.15) is 0 Å². The Labute approximate surface area is 197 Å². The van der Waals surface area contributed by atoms with Crippen LogP contribution >= 0.6 is 0 Å². The maximum Gasteiger partial charge on any atom is 0.329 e. The molecule has 0 radical (unpaired) electrons. The van der Waals surface area contributed by atoms with Gasteiger partial charge in [0.15, 0.2) is 0 Å². The highest BCUT2D eigenvalue weighted by atomic mass is 19.1. The molecule has 34 heavy (non-hydrogen) atoms. The van der Waals surface area contributed by atoms with E-state index in [1.807, 2.05) is 19.9 Å². The van der Waals surface area contributed by atoms with Crippen LogP contribution in [0.2, 0.25) is 0 Å². The first-order valence-corrected chi connectivity index (χ1v) is 11.9. The van der Waals surface area contributed by atoms with Crippen molar-refractivity contribution in [1.29, 1.82) is 0 Å². The molecule has 5 rings (SSSR count). The molecule has 8 heteroatoms. The molecular weight excluding hydrogens is 433 g/mol. The fourth-order valence-electron chi connectivity index (χ4n) is 4.84. The van der Waals surface area contributed by atoms with Gasteiger partial charge in [0.05, 0.1) is 29.4 Å². The zero-order chi connectivity index (χ0) is 23.8. The van der Waals surface area contributed by atoms with Gasteiger partial charge >= 0.3 is 5.69 Å². The smallest absolute Gasteiger partial charge is 0.329 e. The number of imidazole rings is 1. The largest absolute Gasteiger partial charge is 0.478 e. The van der Waals surface area contributed by atoms with Gasteiger partial charge in [-0.1, -0.05) is 0 Å². The van der Waals surface area contributed by atoms with Crippen molar-refractivity contribution in [3.8, 4) is 17.0 Å². The molecular formula is C26H30FN5O2. The Kier molecular flexibility index (Phi) is 6.08. The lowest BCUT2D eigenvalue weighted by Gasteiger charge is -2.14. The molecule has 1 aromatic carbocycles. The van der Waals surface area contributed by atoms with Crippen molar-refractivity contribution in [2.24, 2.45) is 7.05 Å². The predicted molar refractivity (Wildman–Crippen MR) is 132 cm³/mol. The van der Waals surface area contributed by atoms with E-state index in [0.717, 1.165) is 29.4 Å². The highest BCUT2D eigenvalue weighted by molar-refractivity contribution is 6.04. The van der Waals surface area contributed by atoms with Crippen molar-refractivity contribution >= 4 is 21.9 Å².